The van der Waals surface area contributed by atoms with Crippen LogP contribution in [0, 0.1) is 13.8 Å². The number of hydrogen-bond donors (Lipinski definition) is 1. The number of likely N-dealkylation sites (tertiary alicyclic amines) is 1. The number of aromatic amines is 1. The molecule has 0 bridgehead atoms. The lowest BCUT2D eigenvalue weighted by Crippen LogP contribution is -2.29. The van der Waals surface area contributed by atoms with Crippen LogP contribution in [0.5, 0.6) is 0 Å². The summed E-state index contributed by atoms with van der Waals surface area (Å²) in [6.45, 7) is 5.36. The number of nitrogens with zero attached hydrogens (tertiary/aromatic N) is 3. The molecule has 1 amide bonds. The quantitative estimate of drug-likeness (QED) is 0.708. The highest BCUT2D eigenvalue weighted by Gasteiger charge is 2.25. The Morgan fingerprint density at radius 2 is 2.07 bits per heavy atom. The lowest BCUT2D eigenvalue weighted by molar-refractivity contribution is -0.123. The van der Waals surface area contributed by atoms with E-state index in [2.05, 4.69) is 15.0 Å². The minimum absolute atomic E-state index is 0.108. The fraction of sp³-hybridized carbons (Fsp3) is 0.300. The lowest BCUT2D eigenvalue weighted by Gasteiger charge is -2.17. The van der Waals surface area contributed by atoms with Crippen LogP contribution in [0.4, 0.5) is 0 Å². The summed E-state index contributed by atoms with van der Waals surface area (Å²) in [4.78, 5) is 40.9. The molecule has 0 radical (unpaired) electrons. The van der Waals surface area contributed by atoms with Crippen LogP contribution in [0.3, 0.4) is 0 Å². The van der Waals surface area contributed by atoms with Crippen molar-refractivity contribution in [3.05, 3.63) is 56.7 Å². The number of amides is 1. The van der Waals surface area contributed by atoms with E-state index < -0.39 is 0 Å². The molecule has 1 fully saturated rings. The molecule has 4 rings (SSSR count). The van der Waals surface area contributed by atoms with E-state index in [1.165, 1.54) is 11.3 Å². The molecule has 0 aliphatic carbocycles. The average molecular weight is 380 g/mol. The summed E-state index contributed by atoms with van der Waals surface area (Å²) in [5, 5.41) is 0.607. The second-order valence-electron chi connectivity index (χ2n) is 6.72. The Kier molecular flexibility index (Phi) is 4.61. The Labute approximate surface area is 160 Å². The van der Waals surface area contributed by atoms with E-state index in [-0.39, 0.29) is 11.5 Å². The zero-order valence-corrected chi connectivity index (χ0v) is 16.1. The van der Waals surface area contributed by atoms with Crippen molar-refractivity contribution < 1.29 is 4.79 Å². The van der Waals surface area contributed by atoms with Crippen LogP contribution in [-0.4, -0.2) is 38.8 Å². The maximum Gasteiger partial charge on any atom is 0.260 e. The predicted octanol–water partition coefficient (Wildman–Crippen LogP) is 3.16. The molecule has 0 atom stereocenters. The van der Waals surface area contributed by atoms with Crippen molar-refractivity contribution in [2.24, 2.45) is 0 Å². The first-order valence-corrected chi connectivity index (χ1v) is 9.77. The maximum absolute atomic E-state index is 13.1. The van der Waals surface area contributed by atoms with Gasteiger partial charge < -0.3 is 9.88 Å². The third-order valence-electron chi connectivity index (χ3n) is 4.91. The van der Waals surface area contributed by atoms with Crippen LogP contribution in [0.1, 0.15) is 34.7 Å². The summed E-state index contributed by atoms with van der Waals surface area (Å²) in [5.41, 5.74) is 1.93. The summed E-state index contributed by atoms with van der Waals surface area (Å²) in [6.07, 6.45) is 7.12. The maximum atomic E-state index is 13.1. The second-order valence-corrected chi connectivity index (χ2v) is 7.92. The van der Waals surface area contributed by atoms with Crippen LogP contribution >= 0.6 is 11.3 Å². The summed E-state index contributed by atoms with van der Waals surface area (Å²) >= 11 is 1.48. The molecule has 138 valence electrons. The summed E-state index contributed by atoms with van der Waals surface area (Å²) in [5.74, 6) is 0.207. The van der Waals surface area contributed by atoms with E-state index >= 15 is 0 Å². The molecule has 0 spiro atoms. The summed E-state index contributed by atoms with van der Waals surface area (Å²) in [7, 11) is 0. The SMILES string of the molecule is Cc1sc2nc(/C(=C\c3cccnc3)C(=O)N3CCCC3)[nH]c(=O)c2c1C. The molecule has 0 unspecified atom stereocenters. The Morgan fingerprint density at radius 1 is 1.30 bits per heavy atom. The number of carbonyl (C=O) groups is 1. The normalized spacial score (nSPS) is 14.9. The number of carbonyl (C=O) groups excluding carboxylic acids is 1. The van der Waals surface area contributed by atoms with Crippen LogP contribution in [0.2, 0.25) is 0 Å². The highest BCUT2D eigenvalue weighted by Crippen LogP contribution is 2.28. The van der Waals surface area contributed by atoms with Gasteiger partial charge in [-0.05, 0) is 50.0 Å². The van der Waals surface area contributed by atoms with Crippen molar-refractivity contribution in [2.45, 2.75) is 26.7 Å². The van der Waals surface area contributed by atoms with Crippen molar-refractivity contribution in [2.75, 3.05) is 13.1 Å². The molecule has 1 aliphatic heterocycles. The number of fused-ring (bicyclic) bond motifs is 1. The van der Waals surface area contributed by atoms with E-state index in [1.807, 2.05) is 30.9 Å². The number of hydrogen-bond acceptors (Lipinski definition) is 5. The van der Waals surface area contributed by atoms with Crippen molar-refractivity contribution >= 4 is 39.1 Å². The van der Waals surface area contributed by atoms with Crippen LogP contribution in [-0.2, 0) is 4.79 Å². The van der Waals surface area contributed by atoms with E-state index in [4.69, 9.17) is 0 Å². The van der Waals surface area contributed by atoms with Gasteiger partial charge in [0.1, 0.15) is 10.7 Å². The first-order chi connectivity index (χ1) is 13.0. The zero-order chi connectivity index (χ0) is 19.0. The molecule has 27 heavy (non-hydrogen) atoms. The molecule has 1 saturated heterocycles. The molecule has 4 heterocycles. The van der Waals surface area contributed by atoms with Gasteiger partial charge in [0.15, 0.2) is 0 Å². The van der Waals surface area contributed by atoms with Crippen LogP contribution in [0.15, 0.2) is 29.3 Å². The molecule has 7 heteroatoms. The van der Waals surface area contributed by atoms with E-state index in [0.717, 1.165) is 41.9 Å². The first kappa shape index (κ1) is 17.6. The third kappa shape index (κ3) is 3.30. The number of pyridine rings is 1. The highest BCUT2D eigenvalue weighted by atomic mass is 32.1. The Bertz CT molecular complexity index is 1090. The van der Waals surface area contributed by atoms with Crippen molar-refractivity contribution in [1.82, 2.24) is 19.9 Å². The Balaban J connectivity index is 1.88. The van der Waals surface area contributed by atoms with Gasteiger partial charge in [-0.15, -0.1) is 11.3 Å². The standard InChI is InChI=1S/C20H20N4O2S/c1-12-13(2)27-19-16(12)18(25)22-17(23-19)15(10-14-6-5-7-21-11-14)20(26)24-8-3-4-9-24/h5-7,10-11H,3-4,8-9H2,1-2H3,(H,22,23,25)/b15-10+. The first-order valence-electron chi connectivity index (χ1n) is 8.96. The van der Waals surface area contributed by atoms with Gasteiger partial charge in [0.25, 0.3) is 11.5 Å². The highest BCUT2D eigenvalue weighted by molar-refractivity contribution is 7.18. The summed E-state index contributed by atoms with van der Waals surface area (Å²) < 4.78 is 0. The predicted molar refractivity (Wildman–Crippen MR) is 108 cm³/mol. The van der Waals surface area contributed by atoms with Crippen LogP contribution < -0.4 is 5.56 Å². The molecular formula is C20H20N4O2S. The third-order valence-corrected chi connectivity index (χ3v) is 6.01. The molecule has 0 saturated carbocycles. The van der Waals surface area contributed by atoms with E-state index in [9.17, 15) is 9.59 Å². The molecule has 6 nitrogen and oxygen atoms in total. The molecule has 3 aromatic rings. The zero-order valence-electron chi connectivity index (χ0n) is 15.3. The van der Waals surface area contributed by atoms with Gasteiger partial charge in [-0.3, -0.25) is 14.6 Å². The molecule has 1 aliphatic rings. The largest absolute Gasteiger partial charge is 0.339 e. The minimum Gasteiger partial charge on any atom is -0.339 e. The van der Waals surface area contributed by atoms with Gasteiger partial charge in [0, 0.05) is 30.4 Å². The van der Waals surface area contributed by atoms with Gasteiger partial charge in [-0.25, -0.2) is 4.98 Å². The van der Waals surface area contributed by atoms with Crippen molar-refractivity contribution in [3.63, 3.8) is 0 Å². The second kappa shape index (κ2) is 7.08. The van der Waals surface area contributed by atoms with Crippen molar-refractivity contribution in [1.29, 1.82) is 0 Å². The Morgan fingerprint density at radius 3 is 2.78 bits per heavy atom. The van der Waals surface area contributed by atoms with Crippen molar-refractivity contribution in [3.8, 4) is 0 Å². The Hall–Kier alpha value is -2.80. The monoisotopic (exact) mass is 380 g/mol. The van der Waals surface area contributed by atoms with Crippen LogP contribution in [0.25, 0.3) is 21.9 Å². The van der Waals surface area contributed by atoms with Gasteiger partial charge in [0.2, 0.25) is 0 Å². The van der Waals surface area contributed by atoms with E-state index in [0.29, 0.717) is 21.6 Å². The smallest absolute Gasteiger partial charge is 0.260 e. The number of aryl methyl sites for hydroxylation is 2. The fourth-order valence-corrected chi connectivity index (χ4v) is 4.36. The average Bonchev–Trinajstić information content (AvgIpc) is 3.29. The topological polar surface area (TPSA) is 79.0 Å². The summed E-state index contributed by atoms with van der Waals surface area (Å²) in [6, 6.07) is 3.69. The number of H-pyrrole nitrogens is 1. The van der Waals surface area contributed by atoms with Gasteiger partial charge in [-0.2, -0.15) is 0 Å². The lowest BCUT2D eigenvalue weighted by atomic mass is 10.1. The number of aromatic nitrogens is 3. The molecule has 3 aromatic heterocycles. The molecule has 1 N–H and O–H groups in total. The number of rotatable bonds is 3. The minimum atomic E-state index is -0.205. The fourth-order valence-electron chi connectivity index (χ4n) is 3.33. The van der Waals surface area contributed by atoms with Gasteiger partial charge >= 0.3 is 0 Å². The molecule has 0 aromatic carbocycles. The van der Waals surface area contributed by atoms with Gasteiger partial charge in [0.05, 0.1) is 11.0 Å². The number of nitrogens with one attached hydrogen (secondary N) is 1. The molecular weight excluding hydrogens is 360 g/mol. The number of thiophene rings is 1. The van der Waals surface area contributed by atoms with E-state index in [1.54, 1.807) is 18.5 Å². The van der Waals surface area contributed by atoms with Gasteiger partial charge in [-0.1, -0.05) is 6.07 Å².